The number of nitrogens with zero attached hydrogens (tertiary/aromatic N) is 2. The summed E-state index contributed by atoms with van der Waals surface area (Å²) in [4.78, 5) is 4.98. The lowest BCUT2D eigenvalue weighted by Crippen LogP contribution is -2.37. The molecule has 19 heavy (non-hydrogen) atoms. The zero-order valence-corrected chi connectivity index (χ0v) is 10.5. The number of hydrogen-bond donors (Lipinski definition) is 2. The first-order valence-corrected chi connectivity index (χ1v) is 5.99. The molecular formula is C12H16F3N3O. The van der Waals surface area contributed by atoms with Crippen molar-refractivity contribution in [1.82, 2.24) is 4.98 Å². The lowest BCUT2D eigenvalue weighted by atomic mass is 9.82. The van der Waals surface area contributed by atoms with Crippen LogP contribution in [0.2, 0.25) is 0 Å². The monoisotopic (exact) mass is 275 g/mol. The molecule has 1 aliphatic rings. The van der Waals surface area contributed by atoms with Crippen LogP contribution < -0.4 is 10.6 Å². The third-order valence-corrected chi connectivity index (χ3v) is 3.36. The molecule has 0 aliphatic heterocycles. The van der Waals surface area contributed by atoms with E-state index in [2.05, 4.69) is 4.98 Å². The molecule has 1 saturated carbocycles. The molecule has 0 saturated heterocycles. The Morgan fingerprint density at radius 1 is 1.47 bits per heavy atom. The quantitative estimate of drug-likeness (QED) is 0.884. The van der Waals surface area contributed by atoms with Gasteiger partial charge in [-0.15, -0.1) is 0 Å². The third-order valence-electron chi connectivity index (χ3n) is 3.36. The molecule has 0 amide bonds. The van der Waals surface area contributed by atoms with Gasteiger partial charge in [0.15, 0.2) is 0 Å². The van der Waals surface area contributed by atoms with Gasteiger partial charge in [-0.25, -0.2) is 4.98 Å². The Balaban J connectivity index is 2.13. The van der Waals surface area contributed by atoms with E-state index >= 15 is 0 Å². The number of aliphatic hydroxyl groups is 1. The number of aromatic nitrogens is 1. The molecule has 2 rings (SSSR count). The molecule has 0 unspecified atom stereocenters. The van der Waals surface area contributed by atoms with E-state index in [1.807, 2.05) is 0 Å². The third kappa shape index (κ3) is 3.09. The van der Waals surface area contributed by atoms with Crippen LogP contribution >= 0.6 is 0 Å². The van der Waals surface area contributed by atoms with Gasteiger partial charge in [-0.2, -0.15) is 13.2 Å². The summed E-state index contributed by atoms with van der Waals surface area (Å²) in [5.74, 6) is 0.293. The molecule has 106 valence electrons. The van der Waals surface area contributed by atoms with Gasteiger partial charge < -0.3 is 15.7 Å². The van der Waals surface area contributed by atoms with E-state index in [-0.39, 0.29) is 11.8 Å². The average Bonchev–Trinajstić information content (AvgIpc) is 2.25. The fraction of sp³-hybridized carbons (Fsp3) is 0.583. The molecule has 4 nitrogen and oxygen atoms in total. The lowest BCUT2D eigenvalue weighted by molar-refractivity contribution is -0.141. The number of hydrogen-bond acceptors (Lipinski definition) is 4. The predicted molar refractivity (Wildman–Crippen MR) is 65.7 cm³/mol. The zero-order chi connectivity index (χ0) is 14.2. The number of halogens is 3. The Hall–Kier alpha value is -1.50. The zero-order valence-electron chi connectivity index (χ0n) is 10.5. The normalized spacial score (nSPS) is 23.0. The fourth-order valence-electron chi connectivity index (χ4n) is 2.28. The summed E-state index contributed by atoms with van der Waals surface area (Å²) in [6, 6.07) is 0.963. The molecule has 1 aromatic rings. The van der Waals surface area contributed by atoms with Crippen molar-refractivity contribution in [2.24, 2.45) is 5.92 Å². The first kappa shape index (κ1) is 13.9. The van der Waals surface area contributed by atoms with Crippen molar-refractivity contribution in [3.63, 3.8) is 0 Å². The summed E-state index contributed by atoms with van der Waals surface area (Å²) in [5.41, 5.74) is 5.27. The molecule has 0 bridgehead atoms. The summed E-state index contributed by atoms with van der Waals surface area (Å²) in [5, 5.41) is 9.21. The summed E-state index contributed by atoms with van der Waals surface area (Å²) in [6.45, 7) is 0.572. The Kier molecular flexibility index (Phi) is 3.58. The Morgan fingerprint density at radius 3 is 2.63 bits per heavy atom. The van der Waals surface area contributed by atoms with E-state index in [0.717, 1.165) is 12.3 Å². The predicted octanol–water partition coefficient (Wildman–Crippen LogP) is 1.89. The second kappa shape index (κ2) is 4.88. The van der Waals surface area contributed by atoms with Gasteiger partial charge in [0.1, 0.15) is 5.69 Å². The van der Waals surface area contributed by atoms with Gasteiger partial charge in [-0.05, 0) is 24.8 Å². The maximum absolute atomic E-state index is 12.6. The first-order valence-electron chi connectivity index (χ1n) is 5.99. The Morgan fingerprint density at radius 2 is 2.11 bits per heavy atom. The number of pyridine rings is 1. The second-order valence-electron chi connectivity index (χ2n) is 5.00. The van der Waals surface area contributed by atoms with Crippen LogP contribution in [0.15, 0.2) is 12.3 Å². The van der Waals surface area contributed by atoms with Crippen LogP contribution in [0.5, 0.6) is 0 Å². The minimum Gasteiger partial charge on any atom is -0.396 e. The molecule has 0 spiro atoms. The molecule has 1 fully saturated rings. The van der Waals surface area contributed by atoms with Gasteiger partial charge in [0.2, 0.25) is 0 Å². The molecule has 1 aliphatic carbocycles. The topological polar surface area (TPSA) is 62.4 Å². The van der Waals surface area contributed by atoms with E-state index in [1.165, 1.54) is 0 Å². The minimum absolute atomic E-state index is 0.218. The summed E-state index contributed by atoms with van der Waals surface area (Å²) < 4.78 is 37.8. The molecule has 0 aromatic carbocycles. The number of anilines is 2. The second-order valence-corrected chi connectivity index (χ2v) is 5.00. The van der Waals surface area contributed by atoms with Crippen molar-refractivity contribution in [1.29, 1.82) is 0 Å². The highest BCUT2D eigenvalue weighted by molar-refractivity contribution is 5.66. The van der Waals surface area contributed by atoms with E-state index < -0.39 is 11.9 Å². The smallest absolute Gasteiger partial charge is 0.396 e. The Bertz CT molecular complexity index is 458. The standard InChI is InChI=1S/C12H16F3N3O/c1-18(6-7-2-8(19)3-7)10-4-11(12(13,14)15)17-5-9(10)16/h4-5,7-8,19H,2-3,6,16H2,1H3. The summed E-state index contributed by atoms with van der Waals surface area (Å²) in [7, 11) is 1.69. The number of alkyl halides is 3. The largest absolute Gasteiger partial charge is 0.433 e. The number of nitrogen functional groups attached to an aromatic ring is 1. The van der Waals surface area contributed by atoms with Crippen LogP contribution in [0.1, 0.15) is 18.5 Å². The number of nitrogens with two attached hydrogens (primary N) is 1. The summed E-state index contributed by atoms with van der Waals surface area (Å²) >= 11 is 0. The lowest BCUT2D eigenvalue weighted by Gasteiger charge is -2.35. The maximum atomic E-state index is 12.6. The molecule has 1 aromatic heterocycles. The van der Waals surface area contributed by atoms with Crippen LogP contribution in [-0.2, 0) is 6.18 Å². The molecular weight excluding hydrogens is 259 g/mol. The van der Waals surface area contributed by atoms with Crippen molar-refractivity contribution in [3.05, 3.63) is 18.0 Å². The van der Waals surface area contributed by atoms with Crippen molar-refractivity contribution in [3.8, 4) is 0 Å². The fourth-order valence-corrected chi connectivity index (χ4v) is 2.28. The number of rotatable bonds is 3. The van der Waals surface area contributed by atoms with Crippen LogP contribution in [0.4, 0.5) is 24.5 Å². The van der Waals surface area contributed by atoms with Gasteiger partial charge in [0.05, 0.1) is 23.7 Å². The highest BCUT2D eigenvalue weighted by Crippen LogP contribution is 2.34. The van der Waals surface area contributed by atoms with Crippen molar-refractivity contribution >= 4 is 11.4 Å². The average molecular weight is 275 g/mol. The van der Waals surface area contributed by atoms with Gasteiger partial charge in [-0.3, -0.25) is 0 Å². The maximum Gasteiger partial charge on any atom is 0.433 e. The van der Waals surface area contributed by atoms with Crippen LogP contribution in [0.3, 0.4) is 0 Å². The van der Waals surface area contributed by atoms with Crippen molar-refractivity contribution in [2.45, 2.75) is 25.1 Å². The van der Waals surface area contributed by atoms with Crippen LogP contribution in [-0.4, -0.2) is 29.8 Å². The number of aliphatic hydroxyl groups excluding tert-OH is 1. The van der Waals surface area contributed by atoms with Gasteiger partial charge >= 0.3 is 6.18 Å². The molecule has 3 N–H and O–H groups in total. The molecule has 1 heterocycles. The van der Waals surface area contributed by atoms with E-state index in [9.17, 15) is 18.3 Å². The molecule has 0 radical (unpaired) electrons. The van der Waals surface area contributed by atoms with Crippen LogP contribution in [0.25, 0.3) is 0 Å². The highest BCUT2D eigenvalue weighted by Gasteiger charge is 2.34. The molecule has 7 heteroatoms. The van der Waals surface area contributed by atoms with Gasteiger partial charge in [0.25, 0.3) is 0 Å². The minimum atomic E-state index is -4.48. The van der Waals surface area contributed by atoms with E-state index in [0.29, 0.717) is 31.0 Å². The van der Waals surface area contributed by atoms with Gasteiger partial charge in [0, 0.05) is 13.6 Å². The van der Waals surface area contributed by atoms with Crippen molar-refractivity contribution < 1.29 is 18.3 Å². The van der Waals surface area contributed by atoms with Crippen LogP contribution in [0, 0.1) is 5.92 Å². The first-order chi connectivity index (χ1) is 8.77. The SMILES string of the molecule is CN(CC1CC(O)C1)c1cc(C(F)(F)F)ncc1N. The van der Waals surface area contributed by atoms with Gasteiger partial charge in [-0.1, -0.05) is 0 Å². The van der Waals surface area contributed by atoms with E-state index in [4.69, 9.17) is 5.73 Å². The van der Waals surface area contributed by atoms with E-state index in [1.54, 1.807) is 11.9 Å². The Labute approximate surface area is 109 Å². The molecule has 0 atom stereocenters. The van der Waals surface area contributed by atoms with Crippen molar-refractivity contribution in [2.75, 3.05) is 24.2 Å². The highest BCUT2D eigenvalue weighted by atomic mass is 19.4. The summed E-state index contributed by atoms with van der Waals surface area (Å²) in [6.07, 6.45) is -2.36.